The number of hydrogen-bond acceptors (Lipinski definition) is 6. The van der Waals surface area contributed by atoms with Crippen LogP contribution < -0.4 is 5.32 Å². The number of nitrogens with zero attached hydrogens (tertiary/aromatic N) is 6. The molecule has 5 rings (SSSR count). The van der Waals surface area contributed by atoms with Crippen LogP contribution in [0.2, 0.25) is 0 Å². The second-order valence-corrected chi connectivity index (χ2v) is 7.82. The third kappa shape index (κ3) is 4.31. The van der Waals surface area contributed by atoms with Gasteiger partial charge in [-0.25, -0.2) is 9.67 Å². The van der Waals surface area contributed by atoms with Crippen LogP contribution in [0.15, 0.2) is 90.3 Å². The zero-order chi connectivity index (χ0) is 21.0. The van der Waals surface area contributed by atoms with E-state index in [1.54, 1.807) is 11.8 Å². The Labute approximate surface area is 181 Å². The molecule has 1 amide bonds. The lowest BCUT2D eigenvalue weighted by Crippen LogP contribution is -2.12. The number of rotatable bonds is 6. The Bertz CT molecular complexity index is 1300. The molecule has 152 valence electrons. The maximum atomic E-state index is 12.6. The number of carbonyl (C=O) groups is 1. The van der Waals surface area contributed by atoms with E-state index in [2.05, 4.69) is 25.8 Å². The highest BCUT2D eigenvalue weighted by Gasteiger charge is 2.08. The van der Waals surface area contributed by atoms with Crippen molar-refractivity contribution in [2.45, 2.75) is 10.6 Å². The number of aromatic nitrogens is 6. The molecule has 0 aliphatic heterocycles. The Balaban J connectivity index is 1.22. The minimum Gasteiger partial charge on any atom is -0.322 e. The summed E-state index contributed by atoms with van der Waals surface area (Å²) in [5, 5.41) is 14.0. The summed E-state index contributed by atoms with van der Waals surface area (Å²) in [7, 11) is 0. The number of fused-ring (bicyclic) bond motifs is 1. The summed E-state index contributed by atoms with van der Waals surface area (Å²) < 4.78 is 3.54. The molecule has 0 saturated heterocycles. The topological polar surface area (TPSA) is 90.0 Å². The lowest BCUT2D eigenvalue weighted by Gasteiger charge is -2.08. The molecule has 0 fully saturated rings. The van der Waals surface area contributed by atoms with Crippen molar-refractivity contribution in [3.05, 3.63) is 96.7 Å². The van der Waals surface area contributed by atoms with E-state index in [-0.39, 0.29) is 5.91 Å². The summed E-state index contributed by atoms with van der Waals surface area (Å²) in [6, 6.07) is 20.8. The summed E-state index contributed by atoms with van der Waals surface area (Å²) >= 11 is 1.68. The molecule has 0 aliphatic carbocycles. The van der Waals surface area contributed by atoms with E-state index in [1.807, 2.05) is 83.5 Å². The van der Waals surface area contributed by atoms with Gasteiger partial charge in [-0.2, -0.15) is 0 Å². The summed E-state index contributed by atoms with van der Waals surface area (Å²) in [4.78, 5) is 18.3. The molecule has 0 radical (unpaired) electrons. The average molecular weight is 427 g/mol. The van der Waals surface area contributed by atoms with Gasteiger partial charge >= 0.3 is 0 Å². The SMILES string of the molecule is O=C(Nc1cccc(-n2cnnn2)c1)c1ccc(SCc2cn3ccccc3n2)cc1. The average Bonchev–Trinajstić information content (AvgIpc) is 3.48. The molecule has 9 heteroatoms. The molecule has 2 aromatic carbocycles. The normalized spacial score (nSPS) is 11.0. The third-order valence-corrected chi connectivity index (χ3v) is 5.68. The van der Waals surface area contributed by atoms with Gasteiger partial charge in [-0.15, -0.1) is 16.9 Å². The first-order valence-electron chi connectivity index (χ1n) is 9.55. The van der Waals surface area contributed by atoms with E-state index in [9.17, 15) is 4.79 Å². The van der Waals surface area contributed by atoms with Crippen LogP contribution in [0.3, 0.4) is 0 Å². The van der Waals surface area contributed by atoms with Gasteiger partial charge in [0.25, 0.3) is 5.91 Å². The van der Waals surface area contributed by atoms with Crippen molar-refractivity contribution in [3.63, 3.8) is 0 Å². The van der Waals surface area contributed by atoms with Gasteiger partial charge < -0.3 is 9.72 Å². The van der Waals surface area contributed by atoms with E-state index >= 15 is 0 Å². The maximum Gasteiger partial charge on any atom is 0.255 e. The number of tetrazole rings is 1. The predicted octanol–water partition coefficient (Wildman–Crippen LogP) is 3.85. The first-order valence-corrected chi connectivity index (χ1v) is 10.5. The molecule has 0 bridgehead atoms. The van der Waals surface area contributed by atoms with Crippen LogP contribution in [0.1, 0.15) is 16.1 Å². The molecule has 0 unspecified atom stereocenters. The minimum absolute atomic E-state index is 0.175. The van der Waals surface area contributed by atoms with Crippen molar-refractivity contribution in [2.75, 3.05) is 5.32 Å². The highest BCUT2D eigenvalue weighted by atomic mass is 32.2. The molecule has 0 aliphatic rings. The molecule has 0 spiro atoms. The lowest BCUT2D eigenvalue weighted by molar-refractivity contribution is 0.102. The van der Waals surface area contributed by atoms with E-state index in [1.165, 1.54) is 11.0 Å². The third-order valence-electron chi connectivity index (χ3n) is 4.63. The van der Waals surface area contributed by atoms with Crippen molar-refractivity contribution < 1.29 is 4.79 Å². The van der Waals surface area contributed by atoms with Crippen LogP contribution in [0.25, 0.3) is 11.3 Å². The second-order valence-electron chi connectivity index (χ2n) is 6.77. The van der Waals surface area contributed by atoms with Crippen LogP contribution in [-0.4, -0.2) is 35.5 Å². The fourth-order valence-corrected chi connectivity index (χ4v) is 3.91. The van der Waals surface area contributed by atoms with Gasteiger partial charge in [0.15, 0.2) is 0 Å². The molecule has 8 nitrogen and oxygen atoms in total. The number of carbonyl (C=O) groups excluding carboxylic acids is 1. The molecule has 0 atom stereocenters. The fraction of sp³-hybridized carbons (Fsp3) is 0.0455. The van der Waals surface area contributed by atoms with Gasteiger partial charge in [-0.1, -0.05) is 12.1 Å². The minimum atomic E-state index is -0.175. The van der Waals surface area contributed by atoms with Crippen molar-refractivity contribution in [1.29, 1.82) is 0 Å². The van der Waals surface area contributed by atoms with Gasteiger partial charge in [0.05, 0.1) is 11.4 Å². The van der Waals surface area contributed by atoms with Crippen LogP contribution in [0.4, 0.5) is 5.69 Å². The van der Waals surface area contributed by atoms with E-state index in [4.69, 9.17) is 0 Å². The number of hydrogen-bond donors (Lipinski definition) is 1. The number of benzene rings is 2. The molecule has 31 heavy (non-hydrogen) atoms. The van der Waals surface area contributed by atoms with Gasteiger partial charge in [0, 0.05) is 34.3 Å². The Hall–Kier alpha value is -3.98. The number of imidazole rings is 1. The Morgan fingerprint density at radius 2 is 1.94 bits per heavy atom. The summed E-state index contributed by atoms with van der Waals surface area (Å²) in [5.41, 5.74) is 3.98. The zero-order valence-electron chi connectivity index (χ0n) is 16.3. The summed E-state index contributed by atoms with van der Waals surface area (Å²) in [6.45, 7) is 0. The number of anilines is 1. The first-order chi connectivity index (χ1) is 15.2. The van der Waals surface area contributed by atoms with Crippen LogP contribution in [-0.2, 0) is 5.75 Å². The van der Waals surface area contributed by atoms with Gasteiger partial charge in [-0.05, 0) is 65.0 Å². The standard InChI is InChI=1S/C22H17N7OS/c30-22(25-17-4-3-5-19(12-17)29-15-23-26-27-29)16-7-9-20(10-8-16)31-14-18-13-28-11-2-1-6-21(28)24-18/h1-13,15H,14H2,(H,25,30). The quantitative estimate of drug-likeness (QED) is 0.414. The van der Waals surface area contributed by atoms with E-state index < -0.39 is 0 Å². The van der Waals surface area contributed by atoms with Crippen molar-refractivity contribution in [2.24, 2.45) is 0 Å². The van der Waals surface area contributed by atoms with E-state index in [0.29, 0.717) is 11.3 Å². The van der Waals surface area contributed by atoms with E-state index in [0.717, 1.165) is 27.7 Å². The van der Waals surface area contributed by atoms with Crippen molar-refractivity contribution in [3.8, 4) is 5.69 Å². The summed E-state index contributed by atoms with van der Waals surface area (Å²) in [6.07, 6.45) is 5.53. The smallest absolute Gasteiger partial charge is 0.255 e. The molecule has 5 aromatic rings. The molecule has 3 aromatic heterocycles. The largest absolute Gasteiger partial charge is 0.322 e. The van der Waals surface area contributed by atoms with Crippen LogP contribution in [0.5, 0.6) is 0 Å². The second kappa shape index (κ2) is 8.41. The Morgan fingerprint density at radius 1 is 1.03 bits per heavy atom. The maximum absolute atomic E-state index is 12.6. The number of thioether (sulfide) groups is 1. The monoisotopic (exact) mass is 427 g/mol. The molecule has 0 saturated carbocycles. The lowest BCUT2D eigenvalue weighted by atomic mass is 10.2. The predicted molar refractivity (Wildman–Crippen MR) is 118 cm³/mol. The number of nitrogens with one attached hydrogen (secondary N) is 1. The number of pyridine rings is 1. The van der Waals surface area contributed by atoms with Gasteiger partial charge in [0.2, 0.25) is 0 Å². The molecule has 3 heterocycles. The van der Waals surface area contributed by atoms with Crippen LogP contribution in [0, 0.1) is 0 Å². The van der Waals surface area contributed by atoms with Gasteiger partial charge in [0.1, 0.15) is 12.0 Å². The molecular formula is C22H17N7OS. The number of amides is 1. The highest BCUT2D eigenvalue weighted by Crippen LogP contribution is 2.23. The zero-order valence-corrected chi connectivity index (χ0v) is 17.1. The molecule has 1 N–H and O–H groups in total. The highest BCUT2D eigenvalue weighted by molar-refractivity contribution is 7.98. The fourth-order valence-electron chi connectivity index (χ4n) is 3.13. The Morgan fingerprint density at radius 3 is 2.74 bits per heavy atom. The van der Waals surface area contributed by atoms with Crippen molar-refractivity contribution in [1.82, 2.24) is 29.6 Å². The first kappa shape index (κ1) is 19.0. The van der Waals surface area contributed by atoms with Gasteiger partial charge in [-0.3, -0.25) is 4.79 Å². The summed E-state index contributed by atoms with van der Waals surface area (Å²) in [5.74, 6) is 0.586. The molecular weight excluding hydrogens is 410 g/mol. The van der Waals surface area contributed by atoms with Crippen molar-refractivity contribution >= 4 is 29.0 Å². The Kier molecular flexibility index (Phi) is 5.16. The van der Waals surface area contributed by atoms with Crippen LogP contribution >= 0.6 is 11.8 Å².